The highest BCUT2D eigenvalue weighted by Crippen LogP contribution is 2.12. The van der Waals surface area contributed by atoms with Gasteiger partial charge in [0, 0.05) is 32.7 Å². The number of nitrogens with zero attached hydrogens (tertiary/aromatic N) is 2. The summed E-state index contributed by atoms with van der Waals surface area (Å²) >= 11 is 0. The summed E-state index contributed by atoms with van der Waals surface area (Å²) in [5, 5.41) is 19.4. The van der Waals surface area contributed by atoms with Crippen LogP contribution in [0.25, 0.3) is 0 Å². The van der Waals surface area contributed by atoms with Crippen LogP contribution in [-0.4, -0.2) is 58.2 Å². The van der Waals surface area contributed by atoms with Gasteiger partial charge >= 0.3 is 0 Å². The molecule has 1 heterocycles. The lowest BCUT2D eigenvalue weighted by Gasteiger charge is -2.22. The SMILES string of the molecule is O=C(Cc1ccc(CO)cc1)N1CCN(Cc2ccccc2)C[C@@H](O)C1. The quantitative estimate of drug-likeness (QED) is 0.853. The van der Waals surface area contributed by atoms with Gasteiger partial charge in [0.05, 0.1) is 19.1 Å². The Morgan fingerprint density at radius 1 is 0.923 bits per heavy atom. The molecule has 3 rings (SSSR count). The van der Waals surface area contributed by atoms with E-state index in [1.807, 2.05) is 42.5 Å². The highest BCUT2D eigenvalue weighted by atomic mass is 16.3. The van der Waals surface area contributed by atoms with E-state index in [1.54, 1.807) is 4.90 Å². The van der Waals surface area contributed by atoms with Crippen LogP contribution in [0.5, 0.6) is 0 Å². The van der Waals surface area contributed by atoms with Gasteiger partial charge in [-0.2, -0.15) is 0 Å². The van der Waals surface area contributed by atoms with Crippen LogP contribution in [0.3, 0.4) is 0 Å². The number of aliphatic hydroxyl groups excluding tert-OH is 2. The van der Waals surface area contributed by atoms with Crippen LogP contribution in [0.2, 0.25) is 0 Å². The average Bonchev–Trinajstić information content (AvgIpc) is 2.84. The third-order valence-electron chi connectivity index (χ3n) is 4.75. The van der Waals surface area contributed by atoms with Gasteiger partial charge in [-0.25, -0.2) is 0 Å². The predicted octanol–water partition coefficient (Wildman–Crippen LogP) is 1.43. The number of hydrogen-bond donors (Lipinski definition) is 2. The first kappa shape index (κ1) is 18.6. The van der Waals surface area contributed by atoms with Gasteiger partial charge in [-0.05, 0) is 16.7 Å². The second-order valence-corrected chi connectivity index (χ2v) is 6.87. The van der Waals surface area contributed by atoms with E-state index < -0.39 is 6.10 Å². The molecule has 5 nitrogen and oxygen atoms in total. The van der Waals surface area contributed by atoms with Gasteiger partial charge in [-0.15, -0.1) is 0 Å². The molecule has 1 amide bonds. The first-order valence-corrected chi connectivity index (χ1v) is 9.05. The molecule has 0 unspecified atom stereocenters. The van der Waals surface area contributed by atoms with Crippen LogP contribution in [-0.2, 0) is 24.4 Å². The van der Waals surface area contributed by atoms with Gasteiger partial charge in [0.15, 0.2) is 0 Å². The molecular formula is C21H26N2O3. The summed E-state index contributed by atoms with van der Waals surface area (Å²) in [7, 11) is 0. The molecule has 5 heteroatoms. The minimum Gasteiger partial charge on any atom is -0.392 e. The molecule has 1 atom stereocenters. The Kier molecular flexibility index (Phi) is 6.39. The average molecular weight is 354 g/mol. The maximum Gasteiger partial charge on any atom is 0.227 e. The van der Waals surface area contributed by atoms with Crippen molar-refractivity contribution in [2.45, 2.75) is 25.7 Å². The fraction of sp³-hybridized carbons (Fsp3) is 0.381. The summed E-state index contributed by atoms with van der Waals surface area (Å²) in [6, 6.07) is 17.6. The van der Waals surface area contributed by atoms with E-state index in [9.17, 15) is 9.90 Å². The molecule has 0 radical (unpaired) electrons. The molecule has 2 N–H and O–H groups in total. The third-order valence-corrected chi connectivity index (χ3v) is 4.75. The predicted molar refractivity (Wildman–Crippen MR) is 100 cm³/mol. The molecule has 0 spiro atoms. The fourth-order valence-electron chi connectivity index (χ4n) is 3.32. The molecule has 1 saturated heterocycles. The number of carbonyl (C=O) groups excluding carboxylic acids is 1. The van der Waals surface area contributed by atoms with Crippen molar-refractivity contribution in [3.63, 3.8) is 0 Å². The summed E-state index contributed by atoms with van der Waals surface area (Å²) in [5.41, 5.74) is 2.97. The van der Waals surface area contributed by atoms with Crippen LogP contribution in [0.1, 0.15) is 16.7 Å². The Labute approximate surface area is 154 Å². The van der Waals surface area contributed by atoms with Gasteiger partial charge in [0.1, 0.15) is 0 Å². The molecule has 1 fully saturated rings. The Morgan fingerprint density at radius 3 is 2.31 bits per heavy atom. The molecule has 26 heavy (non-hydrogen) atoms. The van der Waals surface area contributed by atoms with E-state index in [0.29, 0.717) is 26.1 Å². The van der Waals surface area contributed by atoms with Crippen molar-refractivity contribution in [2.75, 3.05) is 26.2 Å². The second-order valence-electron chi connectivity index (χ2n) is 6.87. The summed E-state index contributed by atoms with van der Waals surface area (Å²) in [4.78, 5) is 16.6. The lowest BCUT2D eigenvalue weighted by Crippen LogP contribution is -2.38. The van der Waals surface area contributed by atoms with Crippen molar-refractivity contribution in [3.8, 4) is 0 Å². The van der Waals surface area contributed by atoms with Crippen LogP contribution in [0, 0.1) is 0 Å². The smallest absolute Gasteiger partial charge is 0.227 e. The molecule has 1 aliphatic rings. The first-order chi connectivity index (χ1) is 12.6. The van der Waals surface area contributed by atoms with Crippen LogP contribution < -0.4 is 0 Å². The summed E-state index contributed by atoms with van der Waals surface area (Å²) in [6.07, 6.45) is -0.223. The maximum atomic E-state index is 12.6. The molecule has 0 bridgehead atoms. The third kappa shape index (κ3) is 5.14. The topological polar surface area (TPSA) is 64.0 Å². The molecule has 2 aromatic rings. The van der Waals surface area contributed by atoms with E-state index in [2.05, 4.69) is 17.0 Å². The summed E-state index contributed by atoms with van der Waals surface area (Å²) in [6.45, 7) is 3.10. The van der Waals surface area contributed by atoms with Crippen molar-refractivity contribution >= 4 is 5.91 Å². The van der Waals surface area contributed by atoms with Gasteiger partial charge in [0.2, 0.25) is 5.91 Å². The largest absolute Gasteiger partial charge is 0.392 e. The van der Waals surface area contributed by atoms with Crippen LogP contribution in [0.15, 0.2) is 54.6 Å². The monoisotopic (exact) mass is 354 g/mol. The fourth-order valence-corrected chi connectivity index (χ4v) is 3.32. The zero-order chi connectivity index (χ0) is 18.4. The number of carbonyl (C=O) groups is 1. The van der Waals surface area contributed by atoms with E-state index in [-0.39, 0.29) is 12.5 Å². The molecule has 2 aromatic carbocycles. The normalized spacial score (nSPS) is 18.5. The van der Waals surface area contributed by atoms with Crippen molar-refractivity contribution in [1.82, 2.24) is 9.80 Å². The minimum absolute atomic E-state index is 0.00376. The zero-order valence-corrected chi connectivity index (χ0v) is 14.9. The minimum atomic E-state index is -0.540. The van der Waals surface area contributed by atoms with Gasteiger partial charge in [-0.3, -0.25) is 9.69 Å². The Bertz CT molecular complexity index is 703. The lowest BCUT2D eigenvalue weighted by atomic mass is 10.1. The van der Waals surface area contributed by atoms with Crippen molar-refractivity contribution in [1.29, 1.82) is 0 Å². The maximum absolute atomic E-state index is 12.6. The summed E-state index contributed by atoms with van der Waals surface area (Å²) < 4.78 is 0. The molecule has 0 saturated carbocycles. The van der Waals surface area contributed by atoms with Gasteiger partial charge in [-0.1, -0.05) is 54.6 Å². The number of rotatable bonds is 5. The molecule has 0 aromatic heterocycles. The van der Waals surface area contributed by atoms with Gasteiger partial charge in [0.25, 0.3) is 0 Å². The van der Waals surface area contributed by atoms with Crippen molar-refractivity contribution in [3.05, 3.63) is 71.3 Å². The van der Waals surface area contributed by atoms with E-state index in [1.165, 1.54) is 5.56 Å². The Balaban J connectivity index is 1.57. The second kappa shape index (κ2) is 8.94. The Hall–Kier alpha value is -2.21. The molecule has 138 valence electrons. The van der Waals surface area contributed by atoms with E-state index in [0.717, 1.165) is 24.2 Å². The standard InChI is InChI=1S/C21H26N2O3/c24-16-19-8-6-17(7-9-19)12-21(26)23-11-10-22(14-20(25)15-23)13-18-4-2-1-3-5-18/h1-9,20,24-25H,10-16H2/t20-/m1/s1. The molecule has 1 aliphatic heterocycles. The Morgan fingerprint density at radius 2 is 1.62 bits per heavy atom. The lowest BCUT2D eigenvalue weighted by molar-refractivity contribution is -0.131. The number of benzene rings is 2. The number of β-amino-alcohol motifs (C(OH)–C–C–N with tert-alkyl or cyclic N) is 1. The van der Waals surface area contributed by atoms with E-state index >= 15 is 0 Å². The van der Waals surface area contributed by atoms with Crippen LogP contribution >= 0.6 is 0 Å². The molecular weight excluding hydrogens is 328 g/mol. The number of amides is 1. The van der Waals surface area contributed by atoms with Crippen molar-refractivity contribution in [2.24, 2.45) is 0 Å². The number of hydrogen-bond acceptors (Lipinski definition) is 4. The first-order valence-electron chi connectivity index (χ1n) is 9.05. The van der Waals surface area contributed by atoms with E-state index in [4.69, 9.17) is 5.11 Å². The van der Waals surface area contributed by atoms with Crippen molar-refractivity contribution < 1.29 is 15.0 Å². The van der Waals surface area contributed by atoms with Gasteiger partial charge < -0.3 is 15.1 Å². The zero-order valence-electron chi connectivity index (χ0n) is 14.9. The highest BCUT2D eigenvalue weighted by Gasteiger charge is 2.24. The molecule has 0 aliphatic carbocycles. The number of aliphatic hydroxyl groups is 2. The van der Waals surface area contributed by atoms with Crippen LogP contribution in [0.4, 0.5) is 0 Å². The highest BCUT2D eigenvalue weighted by molar-refractivity contribution is 5.78. The summed E-state index contributed by atoms with van der Waals surface area (Å²) in [5.74, 6) is 0.0300.